The normalized spacial score (nSPS) is 18.6. The van der Waals surface area contributed by atoms with Crippen LogP contribution in [-0.2, 0) is 10.3 Å². The van der Waals surface area contributed by atoms with Gasteiger partial charge in [0.25, 0.3) is 0 Å². The van der Waals surface area contributed by atoms with Crippen molar-refractivity contribution in [1.82, 2.24) is 5.32 Å². The quantitative estimate of drug-likeness (QED) is 0.813. The van der Waals surface area contributed by atoms with E-state index in [2.05, 4.69) is 11.4 Å². The van der Waals surface area contributed by atoms with Crippen molar-refractivity contribution in [2.75, 3.05) is 19.8 Å². The van der Waals surface area contributed by atoms with Crippen molar-refractivity contribution in [3.05, 3.63) is 35.6 Å². The third-order valence-electron chi connectivity index (χ3n) is 3.25. The van der Waals surface area contributed by atoms with Crippen LogP contribution in [0.25, 0.3) is 0 Å². The smallest absolute Gasteiger partial charge is 0.123 e. The van der Waals surface area contributed by atoms with Crippen molar-refractivity contribution in [1.29, 1.82) is 5.26 Å². The average Bonchev–Trinajstić information content (AvgIpc) is 2.38. The van der Waals surface area contributed by atoms with Gasteiger partial charge in [-0.3, -0.25) is 5.32 Å². The first-order valence-electron chi connectivity index (χ1n) is 5.73. The molecule has 1 saturated heterocycles. The Morgan fingerprint density at radius 1 is 1.29 bits per heavy atom. The van der Waals surface area contributed by atoms with Crippen LogP contribution in [0.2, 0.25) is 0 Å². The predicted octanol–water partition coefficient (Wildman–Crippen LogP) is 1.94. The number of benzene rings is 1. The Balaban J connectivity index is 2.25. The summed E-state index contributed by atoms with van der Waals surface area (Å²) in [5, 5.41) is 12.0. The maximum Gasteiger partial charge on any atom is 0.123 e. The van der Waals surface area contributed by atoms with Gasteiger partial charge in [0.1, 0.15) is 5.82 Å². The Bertz CT molecular complexity index is 404. The average molecular weight is 234 g/mol. The first-order valence-corrected chi connectivity index (χ1v) is 5.73. The molecule has 1 fully saturated rings. The molecule has 1 N–H and O–H groups in total. The highest BCUT2D eigenvalue weighted by atomic mass is 19.1. The number of ether oxygens (including phenoxy) is 1. The molecule has 1 aromatic carbocycles. The summed E-state index contributed by atoms with van der Waals surface area (Å²) in [7, 11) is 0. The monoisotopic (exact) mass is 234 g/mol. The van der Waals surface area contributed by atoms with Gasteiger partial charge in [0, 0.05) is 18.8 Å². The largest absolute Gasteiger partial charge is 0.381 e. The summed E-state index contributed by atoms with van der Waals surface area (Å²) in [6.07, 6.45) is 1.61. The van der Waals surface area contributed by atoms with Crippen molar-refractivity contribution < 1.29 is 9.13 Å². The number of hydrogen-bond acceptors (Lipinski definition) is 3. The first kappa shape index (κ1) is 12.0. The molecule has 0 amide bonds. The zero-order valence-corrected chi connectivity index (χ0v) is 9.58. The van der Waals surface area contributed by atoms with Gasteiger partial charge < -0.3 is 4.74 Å². The van der Waals surface area contributed by atoms with Crippen LogP contribution in [0.15, 0.2) is 24.3 Å². The molecule has 3 nitrogen and oxygen atoms in total. The molecule has 1 aliphatic rings. The minimum absolute atomic E-state index is 0.240. The SMILES string of the molecule is N#CCNC1(c2ccc(F)cc2)CCOCC1. The fourth-order valence-electron chi connectivity index (χ4n) is 2.27. The molecule has 1 aliphatic heterocycles. The molecular formula is C13H15FN2O. The summed E-state index contributed by atoms with van der Waals surface area (Å²) in [5.74, 6) is -0.240. The first-order chi connectivity index (χ1) is 8.27. The maximum atomic E-state index is 12.9. The van der Waals surface area contributed by atoms with Gasteiger partial charge in [-0.25, -0.2) is 4.39 Å². The lowest BCUT2D eigenvalue weighted by molar-refractivity contribution is 0.0383. The third kappa shape index (κ3) is 2.63. The molecule has 0 aromatic heterocycles. The predicted molar refractivity (Wildman–Crippen MR) is 61.7 cm³/mol. The summed E-state index contributed by atoms with van der Waals surface area (Å²) in [6, 6.07) is 8.58. The zero-order valence-electron chi connectivity index (χ0n) is 9.58. The van der Waals surface area contributed by atoms with E-state index in [1.165, 1.54) is 12.1 Å². The van der Waals surface area contributed by atoms with Gasteiger partial charge in [0.05, 0.1) is 12.6 Å². The van der Waals surface area contributed by atoms with Crippen molar-refractivity contribution in [2.45, 2.75) is 18.4 Å². The van der Waals surface area contributed by atoms with Crippen LogP contribution in [0.5, 0.6) is 0 Å². The summed E-state index contributed by atoms with van der Waals surface area (Å²) in [6.45, 7) is 1.61. The van der Waals surface area contributed by atoms with Crippen LogP contribution in [0.1, 0.15) is 18.4 Å². The Hall–Kier alpha value is -1.44. The molecule has 1 heterocycles. The minimum atomic E-state index is -0.248. The van der Waals surface area contributed by atoms with Gasteiger partial charge in [-0.05, 0) is 30.5 Å². The van der Waals surface area contributed by atoms with E-state index in [9.17, 15) is 4.39 Å². The molecule has 2 rings (SSSR count). The van der Waals surface area contributed by atoms with Crippen LogP contribution >= 0.6 is 0 Å². The van der Waals surface area contributed by atoms with Gasteiger partial charge in [0.15, 0.2) is 0 Å². The number of nitrogens with zero attached hydrogens (tertiary/aromatic N) is 1. The summed E-state index contributed by atoms with van der Waals surface area (Å²) >= 11 is 0. The van der Waals surface area contributed by atoms with Crippen molar-refractivity contribution in [3.63, 3.8) is 0 Å². The Labute approximate surface area is 100 Å². The number of rotatable bonds is 3. The zero-order chi connectivity index (χ0) is 12.1. The molecule has 0 atom stereocenters. The second-order valence-electron chi connectivity index (χ2n) is 4.21. The van der Waals surface area contributed by atoms with Gasteiger partial charge in [-0.15, -0.1) is 0 Å². The molecule has 0 saturated carbocycles. The summed E-state index contributed by atoms with van der Waals surface area (Å²) in [5.41, 5.74) is 0.777. The van der Waals surface area contributed by atoms with E-state index >= 15 is 0 Å². The van der Waals surface area contributed by atoms with E-state index in [1.807, 2.05) is 0 Å². The van der Waals surface area contributed by atoms with Crippen LogP contribution in [0, 0.1) is 17.1 Å². The fourth-order valence-corrected chi connectivity index (χ4v) is 2.27. The van der Waals surface area contributed by atoms with E-state index < -0.39 is 0 Å². The van der Waals surface area contributed by atoms with Gasteiger partial charge in [-0.2, -0.15) is 5.26 Å². The molecule has 0 unspecified atom stereocenters. The van der Waals surface area contributed by atoms with Crippen molar-refractivity contribution in [2.24, 2.45) is 0 Å². The van der Waals surface area contributed by atoms with E-state index in [0.717, 1.165) is 18.4 Å². The molecule has 0 aliphatic carbocycles. The summed E-state index contributed by atoms with van der Waals surface area (Å²) < 4.78 is 18.3. The topological polar surface area (TPSA) is 45.0 Å². The molecule has 90 valence electrons. The van der Waals surface area contributed by atoms with E-state index in [4.69, 9.17) is 10.00 Å². The molecule has 0 radical (unpaired) electrons. The molecule has 0 spiro atoms. The van der Waals surface area contributed by atoms with E-state index in [-0.39, 0.29) is 17.9 Å². The van der Waals surface area contributed by atoms with Crippen molar-refractivity contribution >= 4 is 0 Å². The lowest BCUT2D eigenvalue weighted by atomic mass is 9.82. The highest BCUT2D eigenvalue weighted by Gasteiger charge is 2.33. The Morgan fingerprint density at radius 3 is 2.53 bits per heavy atom. The highest BCUT2D eigenvalue weighted by molar-refractivity contribution is 5.26. The number of halogens is 1. The standard InChI is InChI=1S/C13H15FN2O/c14-12-3-1-11(2-4-12)13(16-8-7-15)5-9-17-10-6-13/h1-4,16H,5-6,8-10H2. The molecular weight excluding hydrogens is 219 g/mol. The van der Waals surface area contributed by atoms with Crippen molar-refractivity contribution in [3.8, 4) is 6.07 Å². The molecule has 0 bridgehead atoms. The number of nitrogens with one attached hydrogen (secondary N) is 1. The molecule has 17 heavy (non-hydrogen) atoms. The second-order valence-corrected chi connectivity index (χ2v) is 4.21. The van der Waals surface area contributed by atoms with Gasteiger partial charge in [0.2, 0.25) is 0 Å². The van der Waals surface area contributed by atoms with Crippen LogP contribution in [0.4, 0.5) is 4.39 Å². The molecule has 4 heteroatoms. The van der Waals surface area contributed by atoms with Crippen LogP contribution < -0.4 is 5.32 Å². The highest BCUT2D eigenvalue weighted by Crippen LogP contribution is 2.31. The van der Waals surface area contributed by atoms with Crippen LogP contribution in [0.3, 0.4) is 0 Å². The fraction of sp³-hybridized carbons (Fsp3) is 0.462. The van der Waals surface area contributed by atoms with Crippen LogP contribution in [-0.4, -0.2) is 19.8 Å². The molecule has 1 aromatic rings. The number of hydrogen-bond donors (Lipinski definition) is 1. The number of nitriles is 1. The lowest BCUT2D eigenvalue weighted by Crippen LogP contribution is -2.46. The second kappa shape index (κ2) is 5.26. The third-order valence-corrected chi connectivity index (χ3v) is 3.25. The lowest BCUT2D eigenvalue weighted by Gasteiger charge is -2.38. The Kier molecular flexibility index (Phi) is 3.72. The van der Waals surface area contributed by atoms with Gasteiger partial charge in [-0.1, -0.05) is 12.1 Å². The summed E-state index contributed by atoms with van der Waals surface area (Å²) in [4.78, 5) is 0. The maximum absolute atomic E-state index is 12.9. The minimum Gasteiger partial charge on any atom is -0.381 e. The van der Waals surface area contributed by atoms with E-state index in [0.29, 0.717) is 13.2 Å². The van der Waals surface area contributed by atoms with E-state index in [1.54, 1.807) is 12.1 Å². The van der Waals surface area contributed by atoms with Gasteiger partial charge >= 0.3 is 0 Å². The Morgan fingerprint density at radius 2 is 1.94 bits per heavy atom.